The fraction of sp³-hybridized carbons (Fsp3) is 0.346. The lowest BCUT2D eigenvalue weighted by atomic mass is 9.87. The predicted molar refractivity (Wildman–Crippen MR) is 131 cm³/mol. The third kappa shape index (κ3) is 6.37. The number of rotatable bonds is 9. The van der Waals surface area contributed by atoms with Gasteiger partial charge >= 0.3 is 0 Å². The first-order chi connectivity index (χ1) is 16.2. The molecule has 8 nitrogen and oxygen atoms in total. The van der Waals surface area contributed by atoms with E-state index in [1.54, 1.807) is 32.4 Å². The summed E-state index contributed by atoms with van der Waals surface area (Å²) in [7, 11) is 3.13. The van der Waals surface area contributed by atoms with E-state index in [0.717, 1.165) is 5.56 Å². The van der Waals surface area contributed by atoms with Crippen molar-refractivity contribution in [2.45, 2.75) is 32.7 Å². The first kappa shape index (κ1) is 24.8. The minimum Gasteiger partial charge on any atom is -0.493 e. The Kier molecular flexibility index (Phi) is 7.94. The van der Waals surface area contributed by atoms with Crippen LogP contribution >= 0.6 is 0 Å². The Bertz CT molecular complexity index is 1180. The van der Waals surface area contributed by atoms with E-state index in [-0.39, 0.29) is 36.6 Å². The van der Waals surface area contributed by atoms with Crippen LogP contribution in [0.4, 0.5) is 0 Å². The fourth-order valence-electron chi connectivity index (χ4n) is 3.31. The molecule has 0 aliphatic heterocycles. The molecule has 1 heterocycles. The summed E-state index contributed by atoms with van der Waals surface area (Å²) in [6.07, 6.45) is 0. The lowest BCUT2D eigenvalue weighted by Gasteiger charge is -2.19. The third-order valence-corrected chi connectivity index (χ3v) is 5.28. The molecule has 3 aromatic rings. The molecular formula is C26H31N3O5. The zero-order chi connectivity index (χ0) is 24.7. The van der Waals surface area contributed by atoms with Crippen LogP contribution in [0.1, 0.15) is 26.3 Å². The SMILES string of the molecule is COc1ccc(-c2ccc(=O)n(CCNC(=O)COc3ccc(C(C)(C)C)cc3)n2)cc1OC. The maximum atomic E-state index is 12.2. The zero-order valence-corrected chi connectivity index (χ0v) is 20.3. The third-order valence-electron chi connectivity index (χ3n) is 5.28. The van der Waals surface area contributed by atoms with Gasteiger partial charge in [0, 0.05) is 18.2 Å². The highest BCUT2D eigenvalue weighted by Crippen LogP contribution is 2.31. The van der Waals surface area contributed by atoms with Crippen molar-refractivity contribution in [3.05, 3.63) is 70.5 Å². The average Bonchev–Trinajstić information content (AvgIpc) is 2.83. The first-order valence-corrected chi connectivity index (χ1v) is 11.0. The smallest absolute Gasteiger partial charge is 0.266 e. The molecule has 0 aliphatic carbocycles. The highest BCUT2D eigenvalue weighted by atomic mass is 16.5. The Labute approximate surface area is 199 Å². The molecule has 1 N–H and O–H groups in total. The number of hydrogen-bond donors (Lipinski definition) is 1. The van der Waals surface area contributed by atoms with Crippen molar-refractivity contribution in [1.29, 1.82) is 0 Å². The van der Waals surface area contributed by atoms with Crippen molar-refractivity contribution in [1.82, 2.24) is 15.1 Å². The highest BCUT2D eigenvalue weighted by molar-refractivity contribution is 5.77. The summed E-state index contributed by atoms with van der Waals surface area (Å²) >= 11 is 0. The molecule has 1 amide bonds. The van der Waals surface area contributed by atoms with Crippen LogP contribution in [-0.2, 0) is 16.8 Å². The van der Waals surface area contributed by atoms with Crippen LogP contribution in [-0.4, -0.2) is 43.1 Å². The largest absolute Gasteiger partial charge is 0.493 e. The number of hydrogen-bond acceptors (Lipinski definition) is 6. The minimum absolute atomic E-state index is 0.0543. The molecule has 0 saturated carbocycles. The highest BCUT2D eigenvalue weighted by Gasteiger charge is 2.13. The minimum atomic E-state index is -0.274. The number of benzene rings is 2. The van der Waals surface area contributed by atoms with Crippen LogP contribution in [0, 0.1) is 0 Å². The molecule has 0 fully saturated rings. The Hall–Kier alpha value is -3.81. The second kappa shape index (κ2) is 10.9. The number of carbonyl (C=O) groups is 1. The second-order valence-electron chi connectivity index (χ2n) is 8.76. The molecule has 0 radical (unpaired) electrons. The monoisotopic (exact) mass is 465 g/mol. The average molecular weight is 466 g/mol. The van der Waals surface area contributed by atoms with Crippen molar-refractivity contribution < 1.29 is 19.0 Å². The van der Waals surface area contributed by atoms with E-state index in [2.05, 4.69) is 31.2 Å². The molecule has 0 bridgehead atoms. The summed E-state index contributed by atoms with van der Waals surface area (Å²) in [6.45, 7) is 6.78. The van der Waals surface area contributed by atoms with Gasteiger partial charge in [-0.1, -0.05) is 32.9 Å². The van der Waals surface area contributed by atoms with Gasteiger partial charge in [0.05, 0.1) is 26.5 Å². The maximum Gasteiger partial charge on any atom is 0.266 e. The Morgan fingerprint density at radius 3 is 2.32 bits per heavy atom. The lowest BCUT2D eigenvalue weighted by molar-refractivity contribution is -0.123. The zero-order valence-electron chi connectivity index (χ0n) is 20.3. The fourth-order valence-corrected chi connectivity index (χ4v) is 3.31. The molecule has 3 rings (SSSR count). The van der Waals surface area contributed by atoms with Gasteiger partial charge in [-0.05, 0) is 47.4 Å². The molecular weight excluding hydrogens is 434 g/mol. The van der Waals surface area contributed by atoms with E-state index >= 15 is 0 Å². The summed E-state index contributed by atoms with van der Waals surface area (Å²) in [5, 5.41) is 7.17. The van der Waals surface area contributed by atoms with E-state index < -0.39 is 0 Å². The molecule has 34 heavy (non-hydrogen) atoms. The summed E-state index contributed by atoms with van der Waals surface area (Å²) in [5.74, 6) is 1.53. The molecule has 0 spiro atoms. The molecule has 1 aromatic heterocycles. The van der Waals surface area contributed by atoms with E-state index in [9.17, 15) is 9.59 Å². The van der Waals surface area contributed by atoms with Crippen molar-refractivity contribution >= 4 is 5.91 Å². The molecule has 0 atom stereocenters. The van der Waals surface area contributed by atoms with Crippen LogP contribution in [0.15, 0.2) is 59.4 Å². The Morgan fingerprint density at radius 1 is 0.971 bits per heavy atom. The predicted octanol–water partition coefficient (Wildman–Crippen LogP) is 3.42. The lowest BCUT2D eigenvalue weighted by Crippen LogP contribution is -2.34. The molecule has 0 unspecified atom stereocenters. The normalized spacial score (nSPS) is 11.1. The maximum absolute atomic E-state index is 12.2. The molecule has 180 valence electrons. The van der Waals surface area contributed by atoms with Crippen molar-refractivity contribution in [2.24, 2.45) is 0 Å². The summed E-state index contributed by atoms with van der Waals surface area (Å²) in [4.78, 5) is 24.4. The number of methoxy groups -OCH3 is 2. The number of carbonyl (C=O) groups excluding carboxylic acids is 1. The van der Waals surface area contributed by atoms with Crippen LogP contribution in [0.5, 0.6) is 17.2 Å². The standard InChI is InChI=1S/C26H31N3O5/c1-26(2,3)19-7-9-20(10-8-19)34-17-24(30)27-14-15-29-25(31)13-11-21(28-29)18-6-12-22(32-4)23(16-18)33-5/h6-13,16H,14-15,17H2,1-5H3,(H,27,30). The Morgan fingerprint density at radius 2 is 1.68 bits per heavy atom. The number of nitrogens with zero attached hydrogens (tertiary/aromatic N) is 2. The van der Waals surface area contributed by atoms with Crippen molar-refractivity contribution in [3.63, 3.8) is 0 Å². The molecule has 2 aromatic carbocycles. The Balaban J connectivity index is 1.55. The van der Waals surface area contributed by atoms with E-state index in [4.69, 9.17) is 14.2 Å². The molecule has 8 heteroatoms. The summed E-state index contributed by atoms with van der Waals surface area (Å²) in [6, 6.07) is 16.2. The number of amides is 1. The molecule has 0 aliphatic rings. The quantitative estimate of drug-likeness (QED) is 0.521. The van der Waals surface area contributed by atoms with Gasteiger partial charge < -0.3 is 19.5 Å². The van der Waals surface area contributed by atoms with Gasteiger partial charge in [-0.25, -0.2) is 4.68 Å². The van der Waals surface area contributed by atoms with Crippen molar-refractivity contribution in [3.8, 4) is 28.5 Å². The molecule has 0 saturated heterocycles. The van der Waals surface area contributed by atoms with Gasteiger partial charge in [0.1, 0.15) is 5.75 Å². The van der Waals surface area contributed by atoms with Crippen molar-refractivity contribution in [2.75, 3.05) is 27.4 Å². The number of aromatic nitrogens is 2. The van der Waals surface area contributed by atoms with E-state index in [0.29, 0.717) is 22.9 Å². The number of ether oxygens (including phenoxy) is 3. The van der Waals surface area contributed by atoms with Gasteiger partial charge in [0.15, 0.2) is 18.1 Å². The van der Waals surface area contributed by atoms with Gasteiger partial charge in [0.2, 0.25) is 0 Å². The first-order valence-electron chi connectivity index (χ1n) is 11.0. The number of nitrogens with one attached hydrogen (secondary N) is 1. The van der Waals surface area contributed by atoms with Gasteiger partial charge in [-0.2, -0.15) is 5.10 Å². The van der Waals surface area contributed by atoms with Crippen LogP contribution < -0.4 is 25.1 Å². The van der Waals surface area contributed by atoms with Crippen LogP contribution in [0.3, 0.4) is 0 Å². The van der Waals surface area contributed by atoms with Crippen LogP contribution in [0.2, 0.25) is 0 Å². The summed E-state index contributed by atoms with van der Waals surface area (Å²) in [5.41, 5.74) is 2.38. The summed E-state index contributed by atoms with van der Waals surface area (Å²) < 4.78 is 17.5. The van der Waals surface area contributed by atoms with Gasteiger partial charge in [-0.15, -0.1) is 0 Å². The van der Waals surface area contributed by atoms with Gasteiger partial charge in [0.25, 0.3) is 11.5 Å². The van der Waals surface area contributed by atoms with Gasteiger partial charge in [-0.3, -0.25) is 9.59 Å². The second-order valence-corrected chi connectivity index (χ2v) is 8.76. The van der Waals surface area contributed by atoms with Crippen LogP contribution in [0.25, 0.3) is 11.3 Å². The van der Waals surface area contributed by atoms with E-state index in [1.807, 2.05) is 30.3 Å². The topological polar surface area (TPSA) is 91.7 Å². The van der Waals surface area contributed by atoms with E-state index in [1.165, 1.54) is 16.3 Å².